The summed E-state index contributed by atoms with van der Waals surface area (Å²) in [6, 6.07) is 0. The average molecular weight is 176 g/mol. The number of aldehydes is 1. The van der Waals surface area contributed by atoms with Crippen LogP contribution in [-0.2, 0) is 9.59 Å². The molecular weight excluding hydrogens is 168 g/mol. The van der Waals surface area contributed by atoms with E-state index in [2.05, 4.69) is 0 Å². The molecular formula is C6H8O6. The highest BCUT2D eigenvalue weighted by Crippen LogP contribution is 1.97. The molecule has 0 saturated heterocycles. The van der Waals surface area contributed by atoms with Crippen molar-refractivity contribution in [1.82, 2.24) is 0 Å². The van der Waals surface area contributed by atoms with Crippen molar-refractivity contribution in [2.24, 2.45) is 0 Å². The molecule has 6 heteroatoms. The molecule has 2 unspecified atom stereocenters. The van der Waals surface area contributed by atoms with E-state index in [1.807, 2.05) is 0 Å². The van der Waals surface area contributed by atoms with Crippen molar-refractivity contribution in [2.75, 3.05) is 0 Å². The van der Waals surface area contributed by atoms with Crippen molar-refractivity contribution in [2.45, 2.75) is 12.2 Å². The van der Waals surface area contributed by atoms with Crippen LogP contribution in [0.25, 0.3) is 0 Å². The molecule has 0 spiro atoms. The molecule has 0 rings (SSSR count). The van der Waals surface area contributed by atoms with Crippen molar-refractivity contribution >= 4 is 12.3 Å². The molecule has 6 nitrogen and oxygen atoms in total. The number of hydrogen-bond donors (Lipinski definition) is 4. The van der Waals surface area contributed by atoms with E-state index in [0.29, 0.717) is 6.08 Å². The molecule has 0 aliphatic carbocycles. The van der Waals surface area contributed by atoms with E-state index in [-0.39, 0.29) is 6.29 Å². The van der Waals surface area contributed by atoms with Gasteiger partial charge in [0.25, 0.3) is 0 Å². The molecule has 0 aromatic carbocycles. The van der Waals surface area contributed by atoms with Crippen LogP contribution >= 0.6 is 0 Å². The van der Waals surface area contributed by atoms with Crippen LogP contribution in [0.3, 0.4) is 0 Å². The second kappa shape index (κ2) is 4.47. The minimum absolute atomic E-state index is 0.0241. The van der Waals surface area contributed by atoms with Gasteiger partial charge in [0, 0.05) is 0 Å². The first kappa shape index (κ1) is 10.6. The first-order valence-electron chi connectivity index (χ1n) is 2.94. The Morgan fingerprint density at radius 2 is 1.67 bits per heavy atom. The van der Waals surface area contributed by atoms with Gasteiger partial charge in [0.05, 0.1) is 0 Å². The monoisotopic (exact) mass is 176 g/mol. The summed E-state index contributed by atoms with van der Waals surface area (Å²) in [5.74, 6) is -2.77. The number of carboxylic acid groups (broad SMARTS) is 1. The van der Waals surface area contributed by atoms with Crippen LogP contribution in [0.2, 0.25) is 0 Å². The molecule has 0 saturated carbocycles. The van der Waals surface area contributed by atoms with Crippen LogP contribution < -0.4 is 0 Å². The number of carbonyl (C=O) groups excluding carboxylic acids is 1. The lowest BCUT2D eigenvalue weighted by molar-refractivity contribution is -0.135. The summed E-state index contributed by atoms with van der Waals surface area (Å²) in [6.07, 6.45) is -2.96. The predicted molar refractivity (Wildman–Crippen MR) is 36.4 cm³/mol. The minimum atomic E-state index is -1.73. The first-order chi connectivity index (χ1) is 5.49. The standard InChI is InChI=1S/C6H8O6/c7-2-5(10)3(8)1-4(9)6(11)12/h1-3,5,8-10H,(H,11,12)/b4-1-. The third-order valence-corrected chi connectivity index (χ3v) is 1.04. The van der Waals surface area contributed by atoms with Gasteiger partial charge < -0.3 is 25.2 Å². The van der Waals surface area contributed by atoms with Gasteiger partial charge in [-0.15, -0.1) is 0 Å². The maximum Gasteiger partial charge on any atom is 0.370 e. The lowest BCUT2D eigenvalue weighted by Crippen LogP contribution is -2.26. The van der Waals surface area contributed by atoms with Crippen molar-refractivity contribution in [3.8, 4) is 0 Å². The van der Waals surface area contributed by atoms with Gasteiger partial charge in [0.1, 0.15) is 12.2 Å². The highest BCUT2D eigenvalue weighted by molar-refractivity contribution is 5.83. The van der Waals surface area contributed by atoms with Gasteiger partial charge in [-0.3, -0.25) is 0 Å². The molecule has 0 aliphatic rings. The molecule has 0 aromatic heterocycles. The number of hydrogen-bond acceptors (Lipinski definition) is 5. The lowest BCUT2D eigenvalue weighted by Gasteiger charge is -2.06. The van der Waals surface area contributed by atoms with Crippen LogP contribution in [0, 0.1) is 0 Å². The van der Waals surface area contributed by atoms with Crippen LogP contribution in [0.4, 0.5) is 0 Å². The summed E-state index contributed by atoms with van der Waals surface area (Å²) >= 11 is 0. The first-order valence-corrected chi connectivity index (χ1v) is 2.94. The van der Waals surface area contributed by atoms with Gasteiger partial charge in [-0.25, -0.2) is 4.79 Å². The number of carbonyl (C=O) groups is 2. The molecule has 0 aromatic rings. The van der Waals surface area contributed by atoms with Crippen molar-refractivity contribution in [3.63, 3.8) is 0 Å². The lowest BCUT2D eigenvalue weighted by atomic mass is 10.2. The molecule has 12 heavy (non-hydrogen) atoms. The summed E-state index contributed by atoms with van der Waals surface area (Å²) in [4.78, 5) is 19.8. The molecule has 0 fully saturated rings. The summed E-state index contributed by atoms with van der Waals surface area (Å²) in [6.45, 7) is 0. The molecule has 0 radical (unpaired) electrons. The number of aliphatic carboxylic acids is 1. The Labute approximate surface area is 67.4 Å². The smallest absolute Gasteiger partial charge is 0.370 e. The fourth-order valence-corrected chi connectivity index (χ4v) is 0.412. The predicted octanol–water partition coefficient (Wildman–Crippen LogP) is -1.57. The Bertz CT molecular complexity index is 208. The van der Waals surface area contributed by atoms with E-state index in [1.54, 1.807) is 0 Å². The zero-order chi connectivity index (χ0) is 9.72. The van der Waals surface area contributed by atoms with E-state index < -0.39 is 23.9 Å². The fourth-order valence-electron chi connectivity index (χ4n) is 0.412. The van der Waals surface area contributed by atoms with E-state index in [1.165, 1.54) is 0 Å². The Morgan fingerprint density at radius 1 is 1.17 bits per heavy atom. The summed E-state index contributed by atoms with van der Waals surface area (Å²) in [5, 5.41) is 33.9. The van der Waals surface area contributed by atoms with Gasteiger partial charge in [-0.2, -0.15) is 0 Å². The Kier molecular flexibility index (Phi) is 3.95. The third kappa shape index (κ3) is 3.13. The fraction of sp³-hybridized carbons (Fsp3) is 0.333. The Balaban J connectivity index is 4.32. The number of rotatable bonds is 4. The summed E-state index contributed by atoms with van der Waals surface area (Å²) < 4.78 is 0. The second-order valence-corrected chi connectivity index (χ2v) is 1.97. The van der Waals surface area contributed by atoms with Crippen molar-refractivity contribution in [3.05, 3.63) is 11.8 Å². The highest BCUT2D eigenvalue weighted by Gasteiger charge is 2.15. The maximum atomic E-state index is 9.95. The van der Waals surface area contributed by atoms with E-state index >= 15 is 0 Å². The largest absolute Gasteiger partial charge is 0.502 e. The SMILES string of the molecule is O=CC(O)C(O)/C=C(\O)C(=O)O. The summed E-state index contributed by atoms with van der Waals surface area (Å²) in [7, 11) is 0. The summed E-state index contributed by atoms with van der Waals surface area (Å²) in [5.41, 5.74) is 0. The highest BCUT2D eigenvalue weighted by atomic mass is 16.4. The third-order valence-electron chi connectivity index (χ3n) is 1.04. The van der Waals surface area contributed by atoms with Gasteiger partial charge >= 0.3 is 5.97 Å². The van der Waals surface area contributed by atoms with Gasteiger partial charge in [-0.1, -0.05) is 0 Å². The minimum Gasteiger partial charge on any atom is -0.502 e. The molecule has 4 N–H and O–H groups in total. The molecule has 0 amide bonds. The van der Waals surface area contributed by atoms with E-state index in [9.17, 15) is 9.59 Å². The number of aliphatic hydroxyl groups excluding tert-OH is 3. The Morgan fingerprint density at radius 3 is 2.00 bits per heavy atom. The zero-order valence-electron chi connectivity index (χ0n) is 5.91. The zero-order valence-corrected chi connectivity index (χ0v) is 5.91. The maximum absolute atomic E-state index is 9.95. The van der Waals surface area contributed by atoms with E-state index in [0.717, 1.165) is 0 Å². The van der Waals surface area contributed by atoms with Crippen molar-refractivity contribution < 1.29 is 30.0 Å². The van der Waals surface area contributed by atoms with Crippen LogP contribution in [0.15, 0.2) is 11.8 Å². The number of aliphatic hydroxyl groups is 3. The van der Waals surface area contributed by atoms with Gasteiger partial charge in [-0.05, 0) is 6.08 Å². The molecule has 0 bridgehead atoms. The second-order valence-electron chi connectivity index (χ2n) is 1.97. The van der Waals surface area contributed by atoms with Crippen molar-refractivity contribution in [1.29, 1.82) is 0 Å². The van der Waals surface area contributed by atoms with Crippen LogP contribution in [0.1, 0.15) is 0 Å². The average Bonchev–Trinajstić information content (AvgIpc) is 2.02. The quantitative estimate of drug-likeness (QED) is 0.234. The van der Waals surface area contributed by atoms with Gasteiger partial charge in [0.15, 0.2) is 12.0 Å². The molecule has 0 heterocycles. The number of carboxylic acids is 1. The Hall–Kier alpha value is -1.40. The molecule has 0 aliphatic heterocycles. The molecule has 2 atom stereocenters. The van der Waals surface area contributed by atoms with Crippen LogP contribution in [0.5, 0.6) is 0 Å². The topological polar surface area (TPSA) is 115 Å². The normalized spacial score (nSPS) is 16.7. The van der Waals surface area contributed by atoms with E-state index in [4.69, 9.17) is 20.4 Å². The van der Waals surface area contributed by atoms with Crippen LogP contribution in [-0.4, -0.2) is 44.9 Å². The van der Waals surface area contributed by atoms with Gasteiger partial charge in [0.2, 0.25) is 0 Å². The molecule has 68 valence electrons.